The molecular formula is C17H16Cl2N2O3. The number of amides is 2. The molecule has 5 nitrogen and oxygen atoms in total. The molecule has 2 N–H and O–H groups in total. The Balaban J connectivity index is 1.64. The number of ether oxygens (including phenoxy) is 2. The third-order valence-corrected chi connectivity index (χ3v) is 4.33. The van der Waals surface area contributed by atoms with Crippen LogP contribution < -0.4 is 20.1 Å². The van der Waals surface area contributed by atoms with E-state index in [0.717, 1.165) is 11.3 Å². The standard InChI is InChI=1S/C17H16Cl2N2O3/c1-10(11-2-5-15-16(8-11)24-7-6-23-15)20-17(22)21-12-3-4-13(18)14(19)9-12/h2-5,8-10H,6-7H2,1H3,(H2,20,21,22). The molecule has 24 heavy (non-hydrogen) atoms. The molecule has 126 valence electrons. The van der Waals surface area contributed by atoms with Crippen LogP contribution in [0.25, 0.3) is 0 Å². The van der Waals surface area contributed by atoms with Gasteiger partial charge in [0.05, 0.1) is 16.1 Å². The maximum atomic E-state index is 12.1. The van der Waals surface area contributed by atoms with Gasteiger partial charge in [-0.05, 0) is 42.8 Å². The number of urea groups is 1. The minimum absolute atomic E-state index is 0.205. The molecular weight excluding hydrogens is 351 g/mol. The Morgan fingerprint density at radius 1 is 1.04 bits per heavy atom. The SMILES string of the molecule is CC(NC(=O)Nc1ccc(Cl)c(Cl)c1)c1ccc2c(c1)OCCO2. The van der Waals surface area contributed by atoms with Crippen LogP contribution in [-0.4, -0.2) is 19.2 Å². The van der Waals surface area contributed by atoms with Gasteiger partial charge in [-0.15, -0.1) is 0 Å². The topological polar surface area (TPSA) is 59.6 Å². The van der Waals surface area contributed by atoms with E-state index in [-0.39, 0.29) is 12.1 Å². The monoisotopic (exact) mass is 366 g/mol. The van der Waals surface area contributed by atoms with E-state index < -0.39 is 0 Å². The number of hydrogen-bond donors (Lipinski definition) is 2. The molecule has 2 amide bonds. The van der Waals surface area contributed by atoms with E-state index in [2.05, 4.69) is 10.6 Å². The Kier molecular flexibility index (Phi) is 5.02. The Bertz CT molecular complexity index is 767. The Labute approximate surface area is 149 Å². The summed E-state index contributed by atoms with van der Waals surface area (Å²) in [5.41, 5.74) is 1.49. The largest absolute Gasteiger partial charge is 0.486 e. The number of hydrogen-bond acceptors (Lipinski definition) is 3. The number of halogens is 2. The van der Waals surface area contributed by atoms with Crippen molar-refractivity contribution in [3.05, 3.63) is 52.0 Å². The summed E-state index contributed by atoms with van der Waals surface area (Å²) < 4.78 is 11.0. The van der Waals surface area contributed by atoms with Crippen LogP contribution >= 0.6 is 23.2 Å². The van der Waals surface area contributed by atoms with Gasteiger partial charge in [-0.3, -0.25) is 0 Å². The zero-order chi connectivity index (χ0) is 17.1. The van der Waals surface area contributed by atoms with E-state index >= 15 is 0 Å². The molecule has 2 aromatic carbocycles. The summed E-state index contributed by atoms with van der Waals surface area (Å²) in [5.74, 6) is 1.41. The number of benzene rings is 2. The third kappa shape index (κ3) is 3.86. The van der Waals surface area contributed by atoms with Crippen LogP contribution in [0.2, 0.25) is 10.0 Å². The number of fused-ring (bicyclic) bond motifs is 1. The first-order valence-corrected chi connectivity index (χ1v) is 8.20. The van der Waals surface area contributed by atoms with Crippen molar-refractivity contribution < 1.29 is 14.3 Å². The smallest absolute Gasteiger partial charge is 0.319 e. The lowest BCUT2D eigenvalue weighted by molar-refractivity contribution is 0.171. The molecule has 0 aromatic heterocycles. The predicted molar refractivity (Wildman–Crippen MR) is 94.5 cm³/mol. The highest BCUT2D eigenvalue weighted by atomic mass is 35.5. The zero-order valence-corrected chi connectivity index (χ0v) is 14.4. The molecule has 0 aliphatic carbocycles. The molecule has 1 atom stereocenters. The van der Waals surface area contributed by atoms with Crippen LogP contribution in [0.15, 0.2) is 36.4 Å². The summed E-state index contributed by atoms with van der Waals surface area (Å²) in [5, 5.41) is 6.41. The molecule has 1 aliphatic heterocycles. The predicted octanol–water partition coefficient (Wildman–Crippen LogP) is 4.65. The van der Waals surface area contributed by atoms with Crippen LogP contribution in [0.1, 0.15) is 18.5 Å². The lowest BCUT2D eigenvalue weighted by atomic mass is 10.1. The van der Waals surface area contributed by atoms with Gasteiger partial charge in [0.2, 0.25) is 0 Å². The highest BCUT2D eigenvalue weighted by molar-refractivity contribution is 6.42. The molecule has 0 bridgehead atoms. The summed E-state index contributed by atoms with van der Waals surface area (Å²) in [7, 11) is 0. The van der Waals surface area contributed by atoms with Crippen molar-refractivity contribution in [1.29, 1.82) is 0 Å². The van der Waals surface area contributed by atoms with E-state index in [0.29, 0.717) is 34.7 Å². The van der Waals surface area contributed by atoms with Crippen LogP contribution in [0.5, 0.6) is 11.5 Å². The van der Waals surface area contributed by atoms with Gasteiger partial charge in [0.1, 0.15) is 13.2 Å². The fourth-order valence-corrected chi connectivity index (χ4v) is 2.65. The molecule has 0 radical (unpaired) electrons. The fourth-order valence-electron chi connectivity index (χ4n) is 2.35. The third-order valence-electron chi connectivity index (χ3n) is 3.59. The van der Waals surface area contributed by atoms with Gasteiger partial charge in [-0.2, -0.15) is 0 Å². The maximum Gasteiger partial charge on any atom is 0.319 e. The molecule has 1 aliphatic rings. The van der Waals surface area contributed by atoms with Crippen molar-refractivity contribution >= 4 is 34.9 Å². The average Bonchev–Trinajstić information content (AvgIpc) is 2.57. The van der Waals surface area contributed by atoms with E-state index in [4.69, 9.17) is 32.7 Å². The van der Waals surface area contributed by atoms with Crippen molar-refractivity contribution in [2.24, 2.45) is 0 Å². The van der Waals surface area contributed by atoms with Crippen molar-refractivity contribution in [2.45, 2.75) is 13.0 Å². The maximum absolute atomic E-state index is 12.1. The van der Waals surface area contributed by atoms with Gasteiger partial charge >= 0.3 is 6.03 Å². The summed E-state index contributed by atoms with van der Waals surface area (Å²) in [6.07, 6.45) is 0. The molecule has 1 unspecified atom stereocenters. The molecule has 3 rings (SSSR count). The molecule has 0 saturated heterocycles. The van der Waals surface area contributed by atoms with Gasteiger partial charge in [0, 0.05) is 5.69 Å². The Morgan fingerprint density at radius 2 is 1.79 bits per heavy atom. The molecule has 0 spiro atoms. The van der Waals surface area contributed by atoms with Gasteiger partial charge in [0.25, 0.3) is 0 Å². The van der Waals surface area contributed by atoms with Crippen molar-refractivity contribution in [1.82, 2.24) is 5.32 Å². The number of carbonyl (C=O) groups is 1. The number of carbonyl (C=O) groups excluding carboxylic acids is 1. The average molecular weight is 367 g/mol. The lowest BCUT2D eigenvalue weighted by Gasteiger charge is -2.21. The number of anilines is 1. The molecule has 0 saturated carbocycles. The van der Waals surface area contributed by atoms with Gasteiger partial charge in [-0.1, -0.05) is 29.3 Å². The van der Waals surface area contributed by atoms with Crippen molar-refractivity contribution in [3.8, 4) is 11.5 Å². The zero-order valence-electron chi connectivity index (χ0n) is 12.9. The first kappa shape index (κ1) is 16.7. The number of nitrogens with one attached hydrogen (secondary N) is 2. The minimum atomic E-state index is -0.337. The molecule has 2 aromatic rings. The highest BCUT2D eigenvalue weighted by Gasteiger charge is 2.16. The van der Waals surface area contributed by atoms with Crippen molar-refractivity contribution in [3.63, 3.8) is 0 Å². The van der Waals surface area contributed by atoms with Gasteiger partial charge in [0.15, 0.2) is 11.5 Å². The second kappa shape index (κ2) is 7.20. The molecule has 7 heteroatoms. The second-order valence-electron chi connectivity index (χ2n) is 5.35. The summed E-state index contributed by atoms with van der Waals surface area (Å²) in [4.78, 5) is 12.1. The van der Waals surface area contributed by atoms with Crippen LogP contribution in [0.3, 0.4) is 0 Å². The summed E-state index contributed by atoms with van der Waals surface area (Å²) in [6.45, 7) is 2.96. The molecule has 1 heterocycles. The number of rotatable bonds is 3. The first-order chi connectivity index (χ1) is 11.5. The van der Waals surface area contributed by atoms with Gasteiger partial charge in [-0.25, -0.2) is 4.79 Å². The molecule has 0 fully saturated rings. The lowest BCUT2D eigenvalue weighted by Crippen LogP contribution is -2.31. The quantitative estimate of drug-likeness (QED) is 0.831. The second-order valence-corrected chi connectivity index (χ2v) is 6.17. The first-order valence-electron chi connectivity index (χ1n) is 7.45. The van der Waals surface area contributed by atoms with Gasteiger partial charge < -0.3 is 20.1 Å². The van der Waals surface area contributed by atoms with Crippen LogP contribution in [0.4, 0.5) is 10.5 Å². The van der Waals surface area contributed by atoms with E-state index in [9.17, 15) is 4.79 Å². The van der Waals surface area contributed by atoms with Crippen LogP contribution in [0, 0.1) is 0 Å². The highest BCUT2D eigenvalue weighted by Crippen LogP contribution is 2.32. The fraction of sp³-hybridized carbons (Fsp3) is 0.235. The summed E-state index contributed by atoms with van der Waals surface area (Å²) in [6, 6.07) is 9.99. The van der Waals surface area contributed by atoms with Crippen LogP contribution in [-0.2, 0) is 0 Å². The summed E-state index contributed by atoms with van der Waals surface area (Å²) >= 11 is 11.8. The Hall–Kier alpha value is -2.11. The van der Waals surface area contributed by atoms with E-state index in [1.165, 1.54) is 0 Å². The Morgan fingerprint density at radius 3 is 2.54 bits per heavy atom. The minimum Gasteiger partial charge on any atom is -0.486 e. The van der Waals surface area contributed by atoms with E-state index in [1.54, 1.807) is 18.2 Å². The van der Waals surface area contributed by atoms with Crippen molar-refractivity contribution in [2.75, 3.05) is 18.5 Å². The van der Waals surface area contributed by atoms with E-state index in [1.807, 2.05) is 25.1 Å². The normalized spacial score (nSPS) is 14.0.